The van der Waals surface area contributed by atoms with Crippen molar-refractivity contribution in [3.63, 3.8) is 0 Å². The summed E-state index contributed by atoms with van der Waals surface area (Å²) in [6.07, 6.45) is 3.10. The fraction of sp³-hybridized carbons (Fsp3) is 0. The van der Waals surface area contributed by atoms with Crippen molar-refractivity contribution in [3.05, 3.63) is 48.8 Å². The number of anilines is 2. The molecule has 104 valence electrons. The van der Waals surface area contributed by atoms with Gasteiger partial charge in [0.1, 0.15) is 0 Å². The Morgan fingerprint density at radius 3 is 1.95 bits per heavy atom. The number of amides is 2. The van der Waals surface area contributed by atoms with Crippen LogP contribution in [-0.2, 0) is 10.0 Å². The van der Waals surface area contributed by atoms with Gasteiger partial charge in [-0.25, -0.2) is 18.4 Å². The zero-order chi connectivity index (χ0) is 14.6. The molecule has 0 aliphatic heterocycles. The molecule has 2 amide bonds. The Labute approximate surface area is 115 Å². The molecule has 2 aromatic rings. The van der Waals surface area contributed by atoms with Gasteiger partial charge in [-0.05, 0) is 36.4 Å². The van der Waals surface area contributed by atoms with Gasteiger partial charge in [0.15, 0.2) is 0 Å². The Morgan fingerprint density at radius 2 is 1.45 bits per heavy atom. The van der Waals surface area contributed by atoms with Gasteiger partial charge in [-0.3, -0.25) is 4.98 Å². The number of nitrogens with two attached hydrogens (primary N) is 1. The minimum Gasteiger partial charge on any atom is -0.308 e. The van der Waals surface area contributed by atoms with Gasteiger partial charge in [0, 0.05) is 23.8 Å². The molecule has 0 fully saturated rings. The molecule has 20 heavy (non-hydrogen) atoms. The zero-order valence-electron chi connectivity index (χ0n) is 10.3. The normalized spacial score (nSPS) is 10.8. The average molecular weight is 292 g/mol. The second-order valence-corrected chi connectivity index (χ2v) is 5.45. The van der Waals surface area contributed by atoms with Gasteiger partial charge < -0.3 is 10.6 Å². The summed E-state index contributed by atoms with van der Waals surface area (Å²) in [5.74, 6) is 0. The predicted molar refractivity (Wildman–Crippen MR) is 74.7 cm³/mol. The number of carbonyl (C=O) groups excluding carboxylic acids is 1. The van der Waals surface area contributed by atoms with Crippen molar-refractivity contribution in [3.8, 4) is 0 Å². The van der Waals surface area contributed by atoms with Crippen LogP contribution >= 0.6 is 0 Å². The van der Waals surface area contributed by atoms with E-state index in [2.05, 4.69) is 15.6 Å². The number of rotatable bonds is 3. The Balaban J connectivity index is 2.02. The summed E-state index contributed by atoms with van der Waals surface area (Å²) in [6, 6.07) is 8.37. The molecule has 0 aliphatic carbocycles. The summed E-state index contributed by atoms with van der Waals surface area (Å²) in [6.45, 7) is 0. The van der Waals surface area contributed by atoms with Gasteiger partial charge in [0.05, 0.1) is 4.90 Å². The first-order valence-corrected chi connectivity index (χ1v) is 7.11. The van der Waals surface area contributed by atoms with Gasteiger partial charge in [-0.15, -0.1) is 0 Å². The van der Waals surface area contributed by atoms with Gasteiger partial charge >= 0.3 is 6.03 Å². The van der Waals surface area contributed by atoms with Gasteiger partial charge in [0.25, 0.3) is 0 Å². The first kappa shape index (κ1) is 14.0. The lowest BCUT2D eigenvalue weighted by Crippen LogP contribution is -2.19. The topological polar surface area (TPSA) is 114 Å². The lowest BCUT2D eigenvalue weighted by Gasteiger charge is -2.07. The van der Waals surface area contributed by atoms with E-state index in [9.17, 15) is 13.2 Å². The smallest absolute Gasteiger partial charge is 0.308 e. The second kappa shape index (κ2) is 5.68. The zero-order valence-corrected chi connectivity index (χ0v) is 11.1. The molecule has 2 rings (SSSR count). The largest absolute Gasteiger partial charge is 0.323 e. The van der Waals surface area contributed by atoms with Crippen molar-refractivity contribution < 1.29 is 13.2 Å². The van der Waals surface area contributed by atoms with Crippen LogP contribution in [-0.4, -0.2) is 19.4 Å². The van der Waals surface area contributed by atoms with Crippen LogP contribution in [0.25, 0.3) is 0 Å². The summed E-state index contributed by atoms with van der Waals surface area (Å²) < 4.78 is 22.2. The maximum Gasteiger partial charge on any atom is 0.323 e. The molecule has 0 spiro atoms. The SMILES string of the molecule is NS(=O)(=O)c1ccc(NC(=O)Nc2ccncc2)cc1. The Kier molecular flexibility index (Phi) is 3.97. The minimum atomic E-state index is -3.73. The number of pyridine rings is 1. The summed E-state index contributed by atoms with van der Waals surface area (Å²) in [4.78, 5) is 15.5. The Hall–Kier alpha value is -2.45. The van der Waals surface area contributed by atoms with Crippen LogP contribution in [0.2, 0.25) is 0 Å². The lowest BCUT2D eigenvalue weighted by atomic mass is 10.3. The van der Waals surface area contributed by atoms with E-state index in [0.717, 1.165) is 0 Å². The number of aromatic nitrogens is 1. The maximum atomic E-state index is 11.7. The third-order valence-corrected chi connectivity index (χ3v) is 3.31. The highest BCUT2D eigenvalue weighted by molar-refractivity contribution is 7.89. The molecule has 0 bridgehead atoms. The van der Waals surface area contributed by atoms with E-state index in [1.807, 2.05) is 0 Å². The molecule has 0 unspecified atom stereocenters. The van der Waals surface area contributed by atoms with E-state index in [-0.39, 0.29) is 4.90 Å². The van der Waals surface area contributed by atoms with Gasteiger partial charge in [-0.1, -0.05) is 0 Å². The van der Waals surface area contributed by atoms with Crippen LogP contribution in [0.4, 0.5) is 16.2 Å². The second-order valence-electron chi connectivity index (χ2n) is 3.88. The molecular formula is C12H12N4O3S. The van der Waals surface area contributed by atoms with E-state index in [4.69, 9.17) is 5.14 Å². The van der Waals surface area contributed by atoms with E-state index < -0.39 is 16.1 Å². The van der Waals surface area contributed by atoms with Gasteiger partial charge in [-0.2, -0.15) is 0 Å². The van der Waals surface area contributed by atoms with Crippen LogP contribution in [0.1, 0.15) is 0 Å². The summed E-state index contributed by atoms with van der Waals surface area (Å²) >= 11 is 0. The van der Waals surface area contributed by atoms with Gasteiger partial charge in [0.2, 0.25) is 10.0 Å². The van der Waals surface area contributed by atoms with E-state index >= 15 is 0 Å². The van der Waals surface area contributed by atoms with Crippen molar-refractivity contribution in [2.75, 3.05) is 10.6 Å². The molecule has 7 nitrogen and oxygen atoms in total. The Morgan fingerprint density at radius 1 is 0.950 bits per heavy atom. The number of hydrogen-bond donors (Lipinski definition) is 3. The summed E-state index contributed by atoms with van der Waals surface area (Å²) in [7, 11) is -3.73. The van der Waals surface area contributed by atoms with Crippen LogP contribution in [0.5, 0.6) is 0 Å². The highest BCUT2D eigenvalue weighted by atomic mass is 32.2. The highest BCUT2D eigenvalue weighted by Crippen LogP contribution is 2.13. The van der Waals surface area contributed by atoms with Crippen molar-refractivity contribution >= 4 is 27.4 Å². The number of benzene rings is 1. The van der Waals surface area contributed by atoms with E-state index in [1.165, 1.54) is 24.3 Å². The number of nitrogens with one attached hydrogen (secondary N) is 2. The fourth-order valence-corrected chi connectivity index (χ4v) is 1.97. The number of sulfonamides is 1. The monoisotopic (exact) mass is 292 g/mol. The standard InChI is InChI=1S/C12H12N4O3S/c13-20(18,19)11-3-1-9(2-4-11)15-12(17)16-10-5-7-14-8-6-10/h1-8H,(H2,13,18,19)(H2,14,15,16,17). The number of urea groups is 1. The van der Waals surface area contributed by atoms with Crippen LogP contribution < -0.4 is 15.8 Å². The average Bonchev–Trinajstić information content (AvgIpc) is 2.39. The molecule has 0 aliphatic rings. The lowest BCUT2D eigenvalue weighted by molar-refractivity contribution is 0.262. The van der Waals surface area contributed by atoms with Crippen LogP contribution in [0.3, 0.4) is 0 Å². The fourth-order valence-electron chi connectivity index (χ4n) is 1.46. The number of hydrogen-bond acceptors (Lipinski definition) is 4. The summed E-state index contributed by atoms with van der Waals surface area (Å²) in [5.41, 5.74) is 1.04. The number of primary sulfonamides is 1. The quantitative estimate of drug-likeness (QED) is 0.792. The van der Waals surface area contributed by atoms with Crippen LogP contribution in [0, 0.1) is 0 Å². The molecule has 0 saturated carbocycles. The van der Waals surface area contributed by atoms with Crippen LogP contribution in [0.15, 0.2) is 53.7 Å². The van der Waals surface area contributed by atoms with Crippen molar-refractivity contribution in [1.29, 1.82) is 0 Å². The van der Waals surface area contributed by atoms with Crippen molar-refractivity contribution in [2.24, 2.45) is 5.14 Å². The third kappa shape index (κ3) is 3.77. The molecule has 0 saturated heterocycles. The minimum absolute atomic E-state index is 0.0161. The molecular weight excluding hydrogens is 280 g/mol. The number of nitrogens with zero attached hydrogens (tertiary/aromatic N) is 1. The van der Waals surface area contributed by atoms with E-state index in [1.54, 1.807) is 24.5 Å². The Bertz CT molecular complexity index is 699. The molecule has 0 radical (unpaired) electrons. The molecule has 8 heteroatoms. The van der Waals surface area contributed by atoms with Crippen molar-refractivity contribution in [2.45, 2.75) is 4.90 Å². The first-order chi connectivity index (χ1) is 9.45. The third-order valence-electron chi connectivity index (χ3n) is 2.38. The molecule has 1 aromatic heterocycles. The number of carbonyl (C=O) groups is 1. The van der Waals surface area contributed by atoms with Crippen molar-refractivity contribution in [1.82, 2.24) is 4.98 Å². The molecule has 1 heterocycles. The van der Waals surface area contributed by atoms with E-state index in [0.29, 0.717) is 11.4 Å². The highest BCUT2D eigenvalue weighted by Gasteiger charge is 2.08. The molecule has 4 N–H and O–H groups in total. The molecule has 1 aromatic carbocycles. The summed E-state index contributed by atoms with van der Waals surface area (Å²) in [5, 5.41) is 10.1. The predicted octanol–water partition coefficient (Wildman–Crippen LogP) is 1.37. The molecule has 0 atom stereocenters. The first-order valence-electron chi connectivity index (χ1n) is 5.56. The maximum absolute atomic E-state index is 11.7.